The first-order valence-electron chi connectivity index (χ1n) is 9.32. The van der Waals surface area contributed by atoms with Gasteiger partial charge in [-0.1, -0.05) is 23.7 Å². The Kier molecular flexibility index (Phi) is 7.74. The number of aromatic nitrogens is 1. The maximum absolute atomic E-state index is 12.1. The van der Waals surface area contributed by atoms with Crippen molar-refractivity contribution in [1.82, 2.24) is 10.3 Å². The van der Waals surface area contributed by atoms with Crippen LogP contribution < -0.4 is 10.6 Å². The van der Waals surface area contributed by atoms with Crippen molar-refractivity contribution in [1.29, 1.82) is 0 Å². The van der Waals surface area contributed by atoms with Crippen LogP contribution in [0.25, 0.3) is 11.6 Å². The number of hydrogen-bond donors (Lipinski definition) is 2. The van der Waals surface area contributed by atoms with Crippen LogP contribution in [0.3, 0.4) is 0 Å². The van der Waals surface area contributed by atoms with Gasteiger partial charge in [0.15, 0.2) is 0 Å². The van der Waals surface area contributed by atoms with Crippen molar-refractivity contribution in [2.75, 3.05) is 11.9 Å². The lowest BCUT2D eigenvalue weighted by atomic mass is 9.94. The van der Waals surface area contributed by atoms with Crippen LogP contribution in [0, 0.1) is 20.8 Å². The number of hydrogen-bond acceptors (Lipinski definition) is 3. The van der Waals surface area contributed by atoms with Gasteiger partial charge in [-0.2, -0.15) is 0 Å². The van der Waals surface area contributed by atoms with E-state index in [-0.39, 0.29) is 11.8 Å². The predicted molar refractivity (Wildman–Crippen MR) is 120 cm³/mol. The van der Waals surface area contributed by atoms with Gasteiger partial charge in [-0.3, -0.25) is 9.59 Å². The van der Waals surface area contributed by atoms with Crippen molar-refractivity contribution in [3.8, 4) is 0 Å². The standard InChI is InChI=1S/C23H26ClN3O2/c1-14(22-15(2)12-16(3)23(24)17(22)4)10-11-25-21(29)9-7-19-6-8-20(26-13-19)27-18(5)28/h6-10,12-13H,11H2,1-5H3,(H,25,29)(H,26,27,28)/b9-7+,14-10-. The van der Waals surface area contributed by atoms with E-state index in [2.05, 4.69) is 28.6 Å². The average molecular weight is 412 g/mol. The van der Waals surface area contributed by atoms with E-state index in [0.717, 1.165) is 32.8 Å². The molecule has 0 saturated carbocycles. The highest BCUT2D eigenvalue weighted by Crippen LogP contribution is 2.30. The third kappa shape index (κ3) is 6.29. The average Bonchev–Trinajstić information content (AvgIpc) is 2.65. The monoisotopic (exact) mass is 411 g/mol. The summed E-state index contributed by atoms with van der Waals surface area (Å²) in [6.45, 7) is 9.94. The second kappa shape index (κ2) is 10.0. The minimum Gasteiger partial charge on any atom is -0.349 e. The molecule has 0 radical (unpaired) electrons. The van der Waals surface area contributed by atoms with Gasteiger partial charge < -0.3 is 10.6 Å². The number of nitrogens with zero attached hydrogens (tertiary/aromatic N) is 1. The quantitative estimate of drug-likeness (QED) is 0.667. The highest BCUT2D eigenvalue weighted by atomic mass is 35.5. The Morgan fingerprint density at radius 2 is 1.86 bits per heavy atom. The number of pyridine rings is 1. The topological polar surface area (TPSA) is 71.1 Å². The Bertz CT molecular complexity index is 977. The van der Waals surface area contributed by atoms with Crippen molar-refractivity contribution in [2.45, 2.75) is 34.6 Å². The fourth-order valence-corrected chi connectivity index (χ4v) is 3.31. The van der Waals surface area contributed by atoms with Crippen molar-refractivity contribution in [3.05, 3.63) is 69.4 Å². The SMILES string of the molecule is CC(=O)Nc1ccc(/C=C/C(=O)NC/C=C(/C)c2c(C)cc(C)c(Cl)c2C)cn1. The molecule has 152 valence electrons. The summed E-state index contributed by atoms with van der Waals surface area (Å²) in [7, 11) is 0. The third-order valence-electron chi connectivity index (χ3n) is 4.47. The minimum absolute atomic E-state index is 0.179. The first-order chi connectivity index (χ1) is 13.7. The molecule has 2 rings (SSSR count). The molecule has 2 N–H and O–H groups in total. The molecule has 0 unspecified atom stereocenters. The van der Waals surface area contributed by atoms with Gasteiger partial charge in [-0.25, -0.2) is 4.98 Å². The summed E-state index contributed by atoms with van der Waals surface area (Å²) in [6.07, 6.45) is 6.70. The number of aryl methyl sites for hydroxylation is 2. The van der Waals surface area contributed by atoms with Gasteiger partial charge in [0.25, 0.3) is 0 Å². The lowest BCUT2D eigenvalue weighted by Gasteiger charge is -2.14. The molecule has 0 aliphatic rings. The number of rotatable bonds is 6. The van der Waals surface area contributed by atoms with E-state index < -0.39 is 0 Å². The second-order valence-electron chi connectivity index (χ2n) is 6.95. The Labute approximate surface area is 176 Å². The summed E-state index contributed by atoms with van der Waals surface area (Å²) in [5.41, 5.74) is 6.25. The number of carbonyl (C=O) groups is 2. The van der Waals surface area contributed by atoms with Crippen LogP contribution in [0.1, 0.15) is 41.7 Å². The largest absolute Gasteiger partial charge is 0.349 e. The first-order valence-corrected chi connectivity index (χ1v) is 9.69. The number of allylic oxidation sites excluding steroid dienone is 1. The van der Waals surface area contributed by atoms with E-state index in [1.165, 1.54) is 18.6 Å². The summed E-state index contributed by atoms with van der Waals surface area (Å²) in [6, 6.07) is 5.54. The lowest BCUT2D eigenvalue weighted by molar-refractivity contribution is -0.116. The fourth-order valence-electron chi connectivity index (χ4n) is 3.16. The number of anilines is 1. The zero-order valence-corrected chi connectivity index (χ0v) is 18.1. The second-order valence-corrected chi connectivity index (χ2v) is 7.33. The molecule has 29 heavy (non-hydrogen) atoms. The van der Waals surface area contributed by atoms with E-state index in [0.29, 0.717) is 12.4 Å². The van der Waals surface area contributed by atoms with E-state index >= 15 is 0 Å². The van der Waals surface area contributed by atoms with Crippen LogP contribution in [0.4, 0.5) is 5.82 Å². The zero-order chi connectivity index (χ0) is 21.6. The smallest absolute Gasteiger partial charge is 0.244 e. The molecular weight excluding hydrogens is 386 g/mol. The Morgan fingerprint density at radius 1 is 1.14 bits per heavy atom. The molecule has 2 amide bonds. The van der Waals surface area contributed by atoms with E-state index in [1.807, 2.05) is 26.8 Å². The molecule has 1 heterocycles. The Morgan fingerprint density at radius 3 is 2.48 bits per heavy atom. The van der Waals surface area contributed by atoms with Gasteiger partial charge in [-0.05, 0) is 79.3 Å². The summed E-state index contributed by atoms with van der Waals surface area (Å²) in [5, 5.41) is 6.22. The molecule has 0 spiro atoms. The highest BCUT2D eigenvalue weighted by molar-refractivity contribution is 6.32. The normalized spacial score (nSPS) is 11.6. The van der Waals surface area contributed by atoms with Crippen LogP contribution in [-0.4, -0.2) is 23.3 Å². The number of amides is 2. The van der Waals surface area contributed by atoms with Gasteiger partial charge in [0.05, 0.1) is 0 Å². The van der Waals surface area contributed by atoms with Gasteiger partial charge in [0, 0.05) is 30.8 Å². The van der Waals surface area contributed by atoms with Gasteiger partial charge in [0.2, 0.25) is 11.8 Å². The molecule has 5 nitrogen and oxygen atoms in total. The molecular formula is C23H26ClN3O2. The number of nitrogens with one attached hydrogen (secondary N) is 2. The highest BCUT2D eigenvalue weighted by Gasteiger charge is 2.10. The van der Waals surface area contributed by atoms with Gasteiger partial charge >= 0.3 is 0 Å². The maximum atomic E-state index is 12.1. The number of halogens is 1. The van der Waals surface area contributed by atoms with Gasteiger partial charge in [0.1, 0.15) is 5.82 Å². The zero-order valence-electron chi connectivity index (χ0n) is 17.4. The summed E-state index contributed by atoms with van der Waals surface area (Å²) in [4.78, 5) is 27.2. The number of benzene rings is 1. The van der Waals surface area contributed by atoms with Crippen molar-refractivity contribution >= 4 is 40.9 Å². The summed E-state index contributed by atoms with van der Waals surface area (Å²) in [5.74, 6) is 0.0960. The van der Waals surface area contributed by atoms with Crippen molar-refractivity contribution < 1.29 is 9.59 Å². The summed E-state index contributed by atoms with van der Waals surface area (Å²) >= 11 is 6.39. The van der Waals surface area contributed by atoms with Crippen molar-refractivity contribution in [2.24, 2.45) is 0 Å². The van der Waals surface area contributed by atoms with Crippen LogP contribution in [0.2, 0.25) is 5.02 Å². The predicted octanol–water partition coefficient (Wildman–Crippen LogP) is 4.85. The maximum Gasteiger partial charge on any atom is 0.244 e. The molecule has 0 bridgehead atoms. The summed E-state index contributed by atoms with van der Waals surface area (Å²) < 4.78 is 0. The third-order valence-corrected chi connectivity index (χ3v) is 5.06. The Balaban J connectivity index is 1.96. The molecule has 1 aromatic heterocycles. The molecule has 0 saturated heterocycles. The van der Waals surface area contributed by atoms with Crippen LogP contribution in [0.15, 0.2) is 36.5 Å². The number of carbonyl (C=O) groups excluding carboxylic acids is 2. The molecule has 0 aliphatic heterocycles. The first kappa shape index (κ1) is 22.4. The molecule has 0 fully saturated rings. The van der Waals surface area contributed by atoms with Crippen LogP contribution in [0.5, 0.6) is 0 Å². The molecule has 0 aliphatic carbocycles. The van der Waals surface area contributed by atoms with Crippen molar-refractivity contribution in [3.63, 3.8) is 0 Å². The molecule has 6 heteroatoms. The van der Waals surface area contributed by atoms with Crippen LogP contribution >= 0.6 is 11.6 Å². The van der Waals surface area contributed by atoms with Crippen LogP contribution in [-0.2, 0) is 9.59 Å². The Hall–Kier alpha value is -2.92. The fraction of sp³-hybridized carbons (Fsp3) is 0.261. The molecule has 1 aromatic carbocycles. The van der Waals surface area contributed by atoms with E-state index in [4.69, 9.17) is 11.6 Å². The van der Waals surface area contributed by atoms with Gasteiger partial charge in [-0.15, -0.1) is 0 Å². The minimum atomic E-state index is -0.199. The van der Waals surface area contributed by atoms with E-state index in [1.54, 1.807) is 24.4 Å². The molecule has 2 aromatic rings. The van der Waals surface area contributed by atoms with E-state index in [9.17, 15) is 9.59 Å². The lowest BCUT2D eigenvalue weighted by Crippen LogP contribution is -2.20. The molecule has 0 atom stereocenters.